The van der Waals surface area contributed by atoms with Crippen molar-refractivity contribution in [2.75, 3.05) is 7.11 Å². The molecule has 0 aromatic heterocycles. The topological polar surface area (TPSA) is 87.9 Å². The summed E-state index contributed by atoms with van der Waals surface area (Å²) in [4.78, 5) is 24.5. The summed E-state index contributed by atoms with van der Waals surface area (Å²) < 4.78 is 17.3. The number of hydrogen-bond donors (Lipinski definition) is 0. The minimum atomic E-state index is -2.16. The molecule has 2 aliphatic rings. The van der Waals surface area contributed by atoms with Crippen LogP contribution in [0.5, 0.6) is 5.75 Å². The number of benzene rings is 1. The molecule has 0 bridgehead atoms. The number of fused-ring (bicyclic) bond motifs is 3. The molecule has 1 aromatic carbocycles. The van der Waals surface area contributed by atoms with Crippen molar-refractivity contribution < 1.29 is 23.6 Å². The summed E-state index contributed by atoms with van der Waals surface area (Å²) in [6.45, 7) is 10.6. The molecule has 0 fully saturated rings. The van der Waals surface area contributed by atoms with Gasteiger partial charge in [0.05, 0.1) is 11.7 Å². The Labute approximate surface area is 165 Å². The average molecular weight is 406 g/mol. The minimum Gasteiger partial charge on any atom is -0.547 e. The van der Waals surface area contributed by atoms with Gasteiger partial charge in [0.2, 0.25) is 8.32 Å². The van der Waals surface area contributed by atoms with Crippen LogP contribution in [-0.2, 0) is 14.0 Å². The van der Waals surface area contributed by atoms with Gasteiger partial charge in [0.1, 0.15) is 5.75 Å². The summed E-state index contributed by atoms with van der Waals surface area (Å²) in [6.07, 6.45) is 0.760. The van der Waals surface area contributed by atoms with Gasteiger partial charge in [-0.05, 0) is 30.3 Å². The minimum absolute atomic E-state index is 0.0303. The Morgan fingerprint density at radius 1 is 1.29 bits per heavy atom. The monoisotopic (exact) mass is 405 g/mol. The maximum atomic E-state index is 12.9. The van der Waals surface area contributed by atoms with E-state index in [2.05, 4.69) is 33.9 Å². The normalized spacial score (nSPS) is 27.2. The predicted octanol–water partition coefficient (Wildman–Crippen LogP) is 4.03. The first-order valence-electron chi connectivity index (χ1n) is 9.33. The molecule has 0 saturated carbocycles. The van der Waals surface area contributed by atoms with Gasteiger partial charge in [-0.25, -0.2) is 4.79 Å². The molecule has 1 aromatic rings. The molecule has 8 heteroatoms. The van der Waals surface area contributed by atoms with Crippen molar-refractivity contribution >= 4 is 14.3 Å². The smallest absolute Gasteiger partial charge is 0.394 e. The Morgan fingerprint density at radius 3 is 2.50 bits per heavy atom. The number of rotatable bonds is 4. The molecule has 3 rings (SSSR count). The Bertz CT molecular complexity index is 843. The summed E-state index contributed by atoms with van der Waals surface area (Å²) in [7, 11) is -0.794. The number of methoxy groups -OCH3 is 1. The summed E-state index contributed by atoms with van der Waals surface area (Å²) in [6, 6.07) is 6.96. The van der Waals surface area contributed by atoms with Crippen LogP contribution in [0.15, 0.2) is 36.1 Å². The van der Waals surface area contributed by atoms with Crippen LogP contribution >= 0.6 is 0 Å². The van der Waals surface area contributed by atoms with Crippen molar-refractivity contribution in [3.05, 3.63) is 51.8 Å². The van der Waals surface area contributed by atoms with Gasteiger partial charge in [-0.2, -0.15) is 0 Å². The second-order valence-electron chi connectivity index (χ2n) is 8.92. The third-order valence-corrected chi connectivity index (χ3v) is 10.7. The standard InChI is InChI=1S/C20H27NO6Si/c1-19(2,3)28(5,6)27-13-11-15-14-9-7-8-10-16(14)26-18(22)20(15,21(23)24)17(12-13)25-4/h7-10,12,15,17H,11H2,1-6H3/t15-,17+,20-/m1/s1. The molecule has 1 heterocycles. The largest absolute Gasteiger partial charge is 0.547 e. The Balaban J connectivity index is 2.14. The molecule has 0 unspecified atom stereocenters. The first-order chi connectivity index (χ1) is 12.9. The molecule has 3 atom stereocenters. The number of nitrogens with zero attached hydrogens (tertiary/aromatic N) is 1. The first-order valence-corrected chi connectivity index (χ1v) is 12.2. The highest BCUT2D eigenvalue weighted by atomic mass is 28.4. The van der Waals surface area contributed by atoms with Gasteiger partial charge in [0, 0.05) is 24.0 Å². The highest BCUT2D eigenvalue weighted by molar-refractivity contribution is 6.74. The molecule has 0 amide bonds. The third kappa shape index (κ3) is 2.95. The van der Waals surface area contributed by atoms with Crippen LogP contribution in [0.2, 0.25) is 18.1 Å². The molecular weight excluding hydrogens is 378 g/mol. The molecule has 0 spiro atoms. The number of allylic oxidation sites excluding steroid dienone is 1. The van der Waals surface area contributed by atoms with E-state index in [1.54, 1.807) is 30.3 Å². The lowest BCUT2D eigenvalue weighted by Gasteiger charge is -2.44. The molecule has 1 aliphatic carbocycles. The van der Waals surface area contributed by atoms with E-state index in [9.17, 15) is 14.9 Å². The fourth-order valence-corrected chi connectivity index (χ4v) is 4.79. The van der Waals surface area contributed by atoms with Crippen LogP contribution < -0.4 is 4.74 Å². The SMILES string of the molecule is CO[C@H]1C=C(O[Si](C)(C)C(C)(C)C)C[C@@H]2c3ccccc3OC(=O)[C@]12[N+](=O)[O-]. The molecular formula is C20H27NO6Si. The average Bonchev–Trinajstić information content (AvgIpc) is 2.59. The summed E-state index contributed by atoms with van der Waals surface area (Å²) in [5.74, 6) is -0.617. The van der Waals surface area contributed by atoms with Crippen molar-refractivity contribution in [3.8, 4) is 5.75 Å². The van der Waals surface area contributed by atoms with Crippen molar-refractivity contribution in [1.82, 2.24) is 0 Å². The molecule has 28 heavy (non-hydrogen) atoms. The lowest BCUT2D eigenvalue weighted by atomic mass is 9.69. The van der Waals surface area contributed by atoms with E-state index in [0.29, 0.717) is 17.1 Å². The maximum Gasteiger partial charge on any atom is 0.394 e. The highest BCUT2D eigenvalue weighted by Gasteiger charge is 2.69. The van der Waals surface area contributed by atoms with Gasteiger partial charge in [-0.15, -0.1) is 0 Å². The quantitative estimate of drug-likeness (QED) is 0.247. The maximum absolute atomic E-state index is 12.9. The first kappa shape index (κ1) is 20.5. The van der Waals surface area contributed by atoms with Gasteiger partial charge in [0.15, 0.2) is 6.10 Å². The van der Waals surface area contributed by atoms with Crippen molar-refractivity contribution in [1.29, 1.82) is 0 Å². The Hall–Kier alpha value is -2.19. The zero-order valence-electron chi connectivity index (χ0n) is 17.1. The molecule has 7 nitrogen and oxygen atoms in total. The van der Waals surface area contributed by atoms with E-state index in [-0.39, 0.29) is 11.5 Å². The van der Waals surface area contributed by atoms with Crippen LogP contribution in [0.3, 0.4) is 0 Å². The Morgan fingerprint density at radius 2 is 1.93 bits per heavy atom. The number of ether oxygens (including phenoxy) is 2. The van der Waals surface area contributed by atoms with Crippen molar-refractivity contribution in [2.24, 2.45) is 0 Å². The number of para-hydroxylation sites is 1. The summed E-state index contributed by atoms with van der Waals surface area (Å²) in [5, 5.41) is 12.2. The highest BCUT2D eigenvalue weighted by Crippen LogP contribution is 2.51. The molecule has 0 N–H and O–H groups in total. The number of hydrogen-bond acceptors (Lipinski definition) is 6. The second-order valence-corrected chi connectivity index (χ2v) is 13.6. The van der Waals surface area contributed by atoms with E-state index in [0.717, 1.165) is 0 Å². The van der Waals surface area contributed by atoms with Crippen LogP contribution in [0.1, 0.15) is 38.7 Å². The van der Waals surface area contributed by atoms with Crippen LogP contribution in [0.4, 0.5) is 0 Å². The van der Waals surface area contributed by atoms with E-state index in [4.69, 9.17) is 13.9 Å². The summed E-state index contributed by atoms with van der Waals surface area (Å²) in [5.41, 5.74) is -1.39. The van der Waals surface area contributed by atoms with E-state index in [1.165, 1.54) is 7.11 Å². The molecule has 152 valence electrons. The zero-order valence-corrected chi connectivity index (χ0v) is 18.1. The van der Waals surface area contributed by atoms with Gasteiger partial charge in [-0.1, -0.05) is 39.0 Å². The van der Waals surface area contributed by atoms with Gasteiger partial charge in [-0.3, -0.25) is 10.1 Å². The molecule has 1 aliphatic heterocycles. The lowest BCUT2D eigenvalue weighted by Crippen LogP contribution is -2.64. The van der Waals surface area contributed by atoms with Gasteiger partial charge < -0.3 is 13.9 Å². The van der Waals surface area contributed by atoms with Crippen LogP contribution in [0, 0.1) is 10.1 Å². The number of esters is 1. The van der Waals surface area contributed by atoms with E-state index >= 15 is 0 Å². The zero-order chi connectivity index (χ0) is 20.9. The fraction of sp³-hybridized carbons (Fsp3) is 0.550. The second kappa shape index (κ2) is 6.70. The number of carbonyl (C=O) groups excluding carboxylic acids is 1. The fourth-order valence-electron chi connectivity index (χ4n) is 3.68. The van der Waals surface area contributed by atoms with Crippen LogP contribution in [-0.4, -0.2) is 38.0 Å². The van der Waals surface area contributed by atoms with Crippen LogP contribution in [0.25, 0.3) is 0 Å². The van der Waals surface area contributed by atoms with Gasteiger partial charge in [0.25, 0.3) is 0 Å². The van der Waals surface area contributed by atoms with E-state index in [1.807, 2.05) is 0 Å². The third-order valence-electron chi connectivity index (χ3n) is 6.28. The van der Waals surface area contributed by atoms with E-state index < -0.39 is 36.8 Å². The van der Waals surface area contributed by atoms with Crippen molar-refractivity contribution in [2.45, 2.75) is 62.9 Å². The molecule has 0 saturated heterocycles. The number of nitro groups is 1. The molecule has 0 radical (unpaired) electrons. The lowest BCUT2D eigenvalue weighted by molar-refractivity contribution is -0.571. The Kier molecular flexibility index (Phi) is 4.92. The number of carbonyl (C=O) groups is 1. The predicted molar refractivity (Wildman–Crippen MR) is 106 cm³/mol. The van der Waals surface area contributed by atoms with Gasteiger partial charge >= 0.3 is 11.5 Å². The summed E-state index contributed by atoms with van der Waals surface area (Å²) >= 11 is 0. The van der Waals surface area contributed by atoms with Crippen molar-refractivity contribution in [3.63, 3.8) is 0 Å².